The highest BCUT2D eigenvalue weighted by Crippen LogP contribution is 2.19. The van der Waals surface area contributed by atoms with E-state index in [1.807, 2.05) is 24.5 Å². The molecule has 60 valence electrons. The van der Waals surface area contributed by atoms with Crippen LogP contribution >= 0.6 is 11.8 Å². The SMILES string of the molecule is C=Cc1cc(C#N)cc(SC)c1. The van der Waals surface area contributed by atoms with Gasteiger partial charge in [0.05, 0.1) is 11.6 Å². The summed E-state index contributed by atoms with van der Waals surface area (Å²) in [6, 6.07) is 7.83. The van der Waals surface area contributed by atoms with Crippen molar-refractivity contribution in [2.24, 2.45) is 0 Å². The van der Waals surface area contributed by atoms with Crippen molar-refractivity contribution in [2.45, 2.75) is 4.90 Å². The molecule has 0 fully saturated rings. The van der Waals surface area contributed by atoms with Crippen molar-refractivity contribution >= 4 is 17.8 Å². The Kier molecular flexibility index (Phi) is 2.95. The summed E-state index contributed by atoms with van der Waals surface area (Å²) in [7, 11) is 0. The van der Waals surface area contributed by atoms with Crippen LogP contribution in [0.25, 0.3) is 6.08 Å². The number of benzene rings is 1. The Morgan fingerprint density at radius 1 is 1.50 bits per heavy atom. The van der Waals surface area contributed by atoms with Gasteiger partial charge in [0.1, 0.15) is 0 Å². The van der Waals surface area contributed by atoms with E-state index < -0.39 is 0 Å². The first kappa shape index (κ1) is 8.89. The third kappa shape index (κ3) is 1.90. The topological polar surface area (TPSA) is 23.8 Å². The lowest BCUT2D eigenvalue weighted by Crippen LogP contribution is -1.79. The van der Waals surface area contributed by atoms with Crippen molar-refractivity contribution in [1.82, 2.24) is 0 Å². The molecule has 0 saturated carbocycles. The molecule has 12 heavy (non-hydrogen) atoms. The zero-order valence-corrected chi connectivity index (χ0v) is 7.69. The van der Waals surface area contributed by atoms with Gasteiger partial charge >= 0.3 is 0 Å². The molecule has 1 rings (SSSR count). The molecule has 0 amide bonds. The molecule has 0 aromatic heterocycles. The summed E-state index contributed by atoms with van der Waals surface area (Å²) in [6.07, 6.45) is 3.74. The lowest BCUT2D eigenvalue weighted by molar-refractivity contribution is 1.39. The van der Waals surface area contributed by atoms with Crippen LogP contribution in [-0.4, -0.2) is 6.26 Å². The van der Waals surface area contributed by atoms with Gasteiger partial charge in [0.25, 0.3) is 0 Å². The van der Waals surface area contributed by atoms with Crippen molar-refractivity contribution in [2.75, 3.05) is 6.26 Å². The molecule has 0 heterocycles. The van der Waals surface area contributed by atoms with E-state index in [2.05, 4.69) is 12.6 Å². The van der Waals surface area contributed by atoms with E-state index in [1.165, 1.54) is 0 Å². The van der Waals surface area contributed by atoms with Gasteiger partial charge in [0, 0.05) is 4.90 Å². The van der Waals surface area contributed by atoms with Crippen LogP contribution in [0.2, 0.25) is 0 Å². The Morgan fingerprint density at radius 2 is 2.25 bits per heavy atom. The van der Waals surface area contributed by atoms with Gasteiger partial charge in [-0.2, -0.15) is 5.26 Å². The second-order valence-electron chi connectivity index (χ2n) is 2.31. The van der Waals surface area contributed by atoms with Gasteiger partial charge in [0.2, 0.25) is 0 Å². The molecule has 0 aliphatic heterocycles. The minimum Gasteiger partial charge on any atom is -0.192 e. The molecule has 0 bridgehead atoms. The highest BCUT2D eigenvalue weighted by molar-refractivity contribution is 7.98. The van der Waals surface area contributed by atoms with Crippen molar-refractivity contribution in [1.29, 1.82) is 5.26 Å². The van der Waals surface area contributed by atoms with Gasteiger partial charge in [-0.3, -0.25) is 0 Å². The fourth-order valence-electron chi connectivity index (χ4n) is 0.922. The smallest absolute Gasteiger partial charge is 0.0992 e. The fourth-order valence-corrected chi connectivity index (χ4v) is 1.42. The highest BCUT2D eigenvalue weighted by Gasteiger charge is 1.96. The number of nitriles is 1. The first-order chi connectivity index (χ1) is 5.80. The molecule has 2 heteroatoms. The number of nitrogens with zero attached hydrogens (tertiary/aromatic N) is 1. The van der Waals surface area contributed by atoms with E-state index in [-0.39, 0.29) is 0 Å². The van der Waals surface area contributed by atoms with E-state index in [9.17, 15) is 0 Å². The number of hydrogen-bond donors (Lipinski definition) is 0. The molecular weight excluding hydrogens is 166 g/mol. The molecule has 0 N–H and O–H groups in total. The van der Waals surface area contributed by atoms with Crippen LogP contribution in [0.5, 0.6) is 0 Å². The van der Waals surface area contributed by atoms with Crippen LogP contribution in [0.4, 0.5) is 0 Å². The summed E-state index contributed by atoms with van der Waals surface area (Å²) in [5.41, 5.74) is 1.69. The molecule has 1 nitrogen and oxygen atoms in total. The third-order valence-electron chi connectivity index (χ3n) is 1.53. The van der Waals surface area contributed by atoms with Crippen molar-refractivity contribution in [3.63, 3.8) is 0 Å². The summed E-state index contributed by atoms with van der Waals surface area (Å²) in [4.78, 5) is 1.10. The Morgan fingerprint density at radius 3 is 2.75 bits per heavy atom. The molecule has 1 aromatic rings. The predicted molar refractivity (Wildman–Crippen MR) is 53.0 cm³/mol. The highest BCUT2D eigenvalue weighted by atomic mass is 32.2. The van der Waals surface area contributed by atoms with Gasteiger partial charge in [0.15, 0.2) is 0 Å². The van der Waals surface area contributed by atoms with E-state index in [4.69, 9.17) is 5.26 Å². The van der Waals surface area contributed by atoms with Crippen LogP contribution < -0.4 is 0 Å². The Labute approximate surface area is 76.7 Å². The van der Waals surface area contributed by atoms with Gasteiger partial charge < -0.3 is 0 Å². The standard InChI is InChI=1S/C10H9NS/c1-3-8-4-9(7-11)6-10(5-8)12-2/h3-6H,1H2,2H3. The second-order valence-corrected chi connectivity index (χ2v) is 3.19. The van der Waals surface area contributed by atoms with Gasteiger partial charge in [-0.1, -0.05) is 12.7 Å². The van der Waals surface area contributed by atoms with E-state index >= 15 is 0 Å². The monoisotopic (exact) mass is 175 g/mol. The molecule has 0 radical (unpaired) electrons. The van der Waals surface area contributed by atoms with Crippen LogP contribution in [-0.2, 0) is 0 Å². The zero-order valence-electron chi connectivity index (χ0n) is 6.87. The fraction of sp³-hybridized carbons (Fsp3) is 0.100. The first-order valence-corrected chi connectivity index (χ1v) is 4.74. The van der Waals surface area contributed by atoms with Gasteiger partial charge in [-0.15, -0.1) is 11.8 Å². The van der Waals surface area contributed by atoms with Gasteiger partial charge in [-0.05, 0) is 30.0 Å². The summed E-state index contributed by atoms with van der Waals surface area (Å²) in [5.74, 6) is 0. The minimum absolute atomic E-state index is 0.691. The molecule has 0 atom stereocenters. The van der Waals surface area contributed by atoms with E-state index in [0.717, 1.165) is 10.5 Å². The largest absolute Gasteiger partial charge is 0.192 e. The third-order valence-corrected chi connectivity index (χ3v) is 2.24. The van der Waals surface area contributed by atoms with Gasteiger partial charge in [-0.25, -0.2) is 0 Å². The molecule has 0 spiro atoms. The van der Waals surface area contributed by atoms with E-state index in [1.54, 1.807) is 17.8 Å². The zero-order chi connectivity index (χ0) is 8.97. The number of hydrogen-bond acceptors (Lipinski definition) is 2. The lowest BCUT2D eigenvalue weighted by atomic mass is 10.1. The summed E-state index contributed by atoms with van der Waals surface area (Å²) in [5, 5.41) is 8.68. The second kappa shape index (κ2) is 3.99. The molecule has 0 aliphatic rings. The first-order valence-electron chi connectivity index (χ1n) is 3.51. The lowest BCUT2D eigenvalue weighted by Gasteiger charge is -1.99. The predicted octanol–water partition coefficient (Wildman–Crippen LogP) is 2.92. The maximum atomic E-state index is 8.68. The maximum Gasteiger partial charge on any atom is 0.0992 e. The normalized spacial score (nSPS) is 9.00. The van der Waals surface area contributed by atoms with Crippen LogP contribution in [0, 0.1) is 11.3 Å². The van der Waals surface area contributed by atoms with Crippen molar-refractivity contribution < 1.29 is 0 Å². The number of rotatable bonds is 2. The quantitative estimate of drug-likeness (QED) is 0.645. The van der Waals surface area contributed by atoms with Crippen LogP contribution in [0.15, 0.2) is 29.7 Å². The van der Waals surface area contributed by atoms with Crippen LogP contribution in [0.3, 0.4) is 0 Å². The summed E-state index contributed by atoms with van der Waals surface area (Å²) >= 11 is 1.63. The van der Waals surface area contributed by atoms with Crippen molar-refractivity contribution in [3.8, 4) is 6.07 Å². The summed E-state index contributed by atoms with van der Waals surface area (Å²) < 4.78 is 0. The molecule has 0 saturated heterocycles. The summed E-state index contributed by atoms with van der Waals surface area (Å²) in [6.45, 7) is 3.66. The number of thioether (sulfide) groups is 1. The Balaban J connectivity index is 3.21. The molecule has 1 aromatic carbocycles. The average Bonchev–Trinajstić information content (AvgIpc) is 2.16. The van der Waals surface area contributed by atoms with E-state index in [0.29, 0.717) is 5.56 Å². The molecule has 0 unspecified atom stereocenters. The maximum absolute atomic E-state index is 8.68. The minimum atomic E-state index is 0.691. The average molecular weight is 175 g/mol. The molecule has 0 aliphatic carbocycles. The Hall–Kier alpha value is -1.20. The Bertz CT molecular complexity index is 336. The van der Waals surface area contributed by atoms with Crippen LogP contribution in [0.1, 0.15) is 11.1 Å². The van der Waals surface area contributed by atoms with Crippen molar-refractivity contribution in [3.05, 3.63) is 35.9 Å². The molecular formula is C10H9NS.